The summed E-state index contributed by atoms with van der Waals surface area (Å²) in [6.07, 6.45) is 5.35. The molecule has 0 aliphatic rings. The highest BCUT2D eigenvalue weighted by Crippen LogP contribution is 2.27. The Kier molecular flexibility index (Phi) is 3.81. The highest BCUT2D eigenvalue weighted by Gasteiger charge is 2.16. The van der Waals surface area contributed by atoms with Crippen LogP contribution in [0.1, 0.15) is 15.4 Å². The molecule has 112 valence electrons. The number of nitrogens with zero attached hydrogens (tertiary/aromatic N) is 3. The number of imidazole rings is 1. The molecule has 0 fully saturated rings. The number of aromatic nitrogens is 2. The van der Waals surface area contributed by atoms with Gasteiger partial charge in [-0.1, -0.05) is 41.7 Å². The second-order valence-electron chi connectivity index (χ2n) is 5.30. The summed E-state index contributed by atoms with van der Waals surface area (Å²) in [5.41, 5.74) is 2.94. The lowest BCUT2D eigenvalue weighted by atomic mass is 10.2. The zero-order chi connectivity index (χ0) is 15.7. The van der Waals surface area contributed by atoms with Crippen LogP contribution in [0.4, 0.5) is 0 Å². The van der Waals surface area contributed by atoms with Gasteiger partial charge in [0.2, 0.25) is 0 Å². The van der Waals surface area contributed by atoms with Gasteiger partial charge < -0.3 is 4.90 Å². The summed E-state index contributed by atoms with van der Waals surface area (Å²) in [5.74, 6) is 0.0166. The van der Waals surface area contributed by atoms with Crippen LogP contribution in [0, 0.1) is 6.92 Å². The van der Waals surface area contributed by atoms with E-state index in [0.29, 0.717) is 0 Å². The van der Waals surface area contributed by atoms with E-state index < -0.39 is 0 Å². The minimum atomic E-state index is 0.0166. The zero-order valence-corrected chi connectivity index (χ0v) is 13.6. The minimum absolute atomic E-state index is 0.0166. The number of ketones is 1. The first-order valence-corrected chi connectivity index (χ1v) is 7.81. The molecule has 0 atom stereocenters. The Balaban J connectivity index is 1.98. The van der Waals surface area contributed by atoms with Crippen LogP contribution in [0.25, 0.3) is 16.2 Å². The van der Waals surface area contributed by atoms with Gasteiger partial charge >= 0.3 is 0 Å². The lowest BCUT2D eigenvalue weighted by Crippen LogP contribution is -2.03. The molecule has 0 bridgehead atoms. The third kappa shape index (κ3) is 2.67. The van der Waals surface area contributed by atoms with E-state index in [1.165, 1.54) is 11.3 Å². The SMILES string of the molecule is Cc1c(C(=O)/C=C/N(C)C)sc2nc(-c3ccccc3)cn12. The Morgan fingerprint density at radius 3 is 2.64 bits per heavy atom. The number of hydrogen-bond acceptors (Lipinski definition) is 4. The summed E-state index contributed by atoms with van der Waals surface area (Å²) in [6, 6.07) is 10.1. The smallest absolute Gasteiger partial charge is 0.199 e. The number of benzene rings is 1. The maximum absolute atomic E-state index is 12.2. The van der Waals surface area contributed by atoms with Crippen LogP contribution in [0.15, 0.2) is 48.8 Å². The molecule has 0 amide bonds. The van der Waals surface area contributed by atoms with Crippen molar-refractivity contribution in [2.75, 3.05) is 14.1 Å². The van der Waals surface area contributed by atoms with Crippen molar-refractivity contribution in [3.8, 4) is 11.3 Å². The Morgan fingerprint density at radius 1 is 1.27 bits per heavy atom. The van der Waals surface area contributed by atoms with Gasteiger partial charge in [0.1, 0.15) is 0 Å². The van der Waals surface area contributed by atoms with Crippen LogP contribution in [-0.2, 0) is 0 Å². The van der Waals surface area contributed by atoms with Gasteiger partial charge in [-0.05, 0) is 6.92 Å². The quantitative estimate of drug-likeness (QED) is 0.545. The van der Waals surface area contributed by atoms with Crippen LogP contribution >= 0.6 is 11.3 Å². The van der Waals surface area contributed by atoms with Crippen LogP contribution in [-0.4, -0.2) is 34.2 Å². The van der Waals surface area contributed by atoms with E-state index in [0.717, 1.165) is 26.8 Å². The molecule has 0 saturated heterocycles. The molecule has 5 heteroatoms. The van der Waals surface area contributed by atoms with Gasteiger partial charge in [-0.25, -0.2) is 4.98 Å². The fourth-order valence-electron chi connectivity index (χ4n) is 2.22. The number of carbonyl (C=O) groups is 1. The number of hydrogen-bond donors (Lipinski definition) is 0. The molecule has 22 heavy (non-hydrogen) atoms. The molecule has 0 N–H and O–H groups in total. The van der Waals surface area contributed by atoms with E-state index in [2.05, 4.69) is 4.98 Å². The summed E-state index contributed by atoms with van der Waals surface area (Å²) < 4.78 is 1.99. The summed E-state index contributed by atoms with van der Waals surface area (Å²) in [7, 11) is 3.79. The van der Waals surface area contributed by atoms with Crippen LogP contribution in [0.5, 0.6) is 0 Å². The molecule has 2 heterocycles. The zero-order valence-electron chi connectivity index (χ0n) is 12.8. The van der Waals surface area contributed by atoms with Gasteiger partial charge in [-0.15, -0.1) is 0 Å². The van der Waals surface area contributed by atoms with Gasteiger partial charge in [-0.3, -0.25) is 9.20 Å². The van der Waals surface area contributed by atoms with Gasteiger partial charge in [0.25, 0.3) is 0 Å². The van der Waals surface area contributed by atoms with E-state index in [1.807, 2.05) is 66.8 Å². The summed E-state index contributed by atoms with van der Waals surface area (Å²) in [5, 5.41) is 0. The molecular formula is C17H17N3OS. The van der Waals surface area contributed by atoms with Crippen molar-refractivity contribution in [2.24, 2.45) is 0 Å². The summed E-state index contributed by atoms with van der Waals surface area (Å²) in [6.45, 7) is 1.96. The Morgan fingerprint density at radius 2 is 2.00 bits per heavy atom. The maximum atomic E-state index is 12.2. The van der Waals surface area contributed by atoms with E-state index in [-0.39, 0.29) is 5.78 Å². The van der Waals surface area contributed by atoms with Crippen molar-refractivity contribution >= 4 is 22.1 Å². The highest BCUT2D eigenvalue weighted by atomic mass is 32.1. The van der Waals surface area contributed by atoms with E-state index in [1.54, 1.807) is 12.3 Å². The largest absolute Gasteiger partial charge is 0.383 e. The Hall–Kier alpha value is -2.40. The third-order valence-corrected chi connectivity index (χ3v) is 4.55. The fraction of sp³-hybridized carbons (Fsp3) is 0.176. The molecule has 0 spiro atoms. The summed E-state index contributed by atoms with van der Waals surface area (Å²) in [4.78, 5) is 20.3. The second kappa shape index (κ2) is 5.77. The predicted octanol–water partition coefficient (Wildman–Crippen LogP) is 3.63. The minimum Gasteiger partial charge on any atom is -0.383 e. The number of aryl methyl sites for hydroxylation is 1. The van der Waals surface area contributed by atoms with Crippen molar-refractivity contribution < 1.29 is 4.79 Å². The molecular weight excluding hydrogens is 294 g/mol. The lowest BCUT2D eigenvalue weighted by Gasteiger charge is -2.02. The van der Waals surface area contributed by atoms with Crippen LogP contribution in [0.2, 0.25) is 0 Å². The Labute approximate surface area is 133 Å². The average molecular weight is 311 g/mol. The first kappa shape index (κ1) is 14.5. The first-order valence-electron chi connectivity index (χ1n) is 6.99. The van der Waals surface area contributed by atoms with Gasteiger partial charge in [0.05, 0.1) is 10.6 Å². The Bertz CT molecular complexity index is 844. The molecule has 0 aliphatic heterocycles. The van der Waals surface area contributed by atoms with Crippen molar-refractivity contribution in [2.45, 2.75) is 6.92 Å². The van der Waals surface area contributed by atoms with Gasteiger partial charge in [0, 0.05) is 43.8 Å². The van der Waals surface area contributed by atoms with E-state index in [4.69, 9.17) is 0 Å². The van der Waals surface area contributed by atoms with Crippen molar-refractivity contribution in [3.05, 3.63) is 59.4 Å². The molecule has 0 saturated carbocycles. The van der Waals surface area contributed by atoms with Crippen molar-refractivity contribution in [1.82, 2.24) is 14.3 Å². The second-order valence-corrected chi connectivity index (χ2v) is 6.28. The lowest BCUT2D eigenvalue weighted by molar-refractivity contribution is 0.104. The molecule has 4 nitrogen and oxygen atoms in total. The normalized spacial score (nSPS) is 11.4. The first-order chi connectivity index (χ1) is 10.6. The average Bonchev–Trinajstić information content (AvgIpc) is 3.06. The van der Waals surface area contributed by atoms with Crippen molar-refractivity contribution in [3.63, 3.8) is 0 Å². The molecule has 3 rings (SSSR count). The van der Waals surface area contributed by atoms with Crippen LogP contribution in [0.3, 0.4) is 0 Å². The van der Waals surface area contributed by atoms with E-state index in [9.17, 15) is 4.79 Å². The maximum Gasteiger partial charge on any atom is 0.199 e. The molecule has 0 aliphatic carbocycles. The number of fused-ring (bicyclic) bond motifs is 1. The van der Waals surface area contributed by atoms with Gasteiger partial charge in [0.15, 0.2) is 10.7 Å². The number of rotatable bonds is 4. The number of carbonyl (C=O) groups excluding carboxylic acids is 1. The molecule has 1 aromatic carbocycles. The van der Waals surface area contributed by atoms with E-state index >= 15 is 0 Å². The summed E-state index contributed by atoms with van der Waals surface area (Å²) >= 11 is 1.43. The molecule has 2 aromatic heterocycles. The van der Waals surface area contributed by atoms with Crippen molar-refractivity contribution in [1.29, 1.82) is 0 Å². The standard InChI is InChI=1S/C17H17N3OS/c1-12-16(15(21)9-10-19(2)3)22-17-18-14(11-20(12)17)13-7-5-4-6-8-13/h4-11H,1-3H3/b10-9+. The number of allylic oxidation sites excluding steroid dienone is 1. The highest BCUT2D eigenvalue weighted by molar-refractivity contribution is 7.19. The molecule has 3 aromatic rings. The predicted molar refractivity (Wildman–Crippen MR) is 90.4 cm³/mol. The topological polar surface area (TPSA) is 37.6 Å². The monoisotopic (exact) mass is 311 g/mol. The fourth-order valence-corrected chi connectivity index (χ4v) is 3.25. The van der Waals surface area contributed by atoms with Gasteiger partial charge in [-0.2, -0.15) is 0 Å². The third-order valence-electron chi connectivity index (χ3n) is 3.37. The number of thiazole rings is 1. The molecule has 0 radical (unpaired) electrons. The van der Waals surface area contributed by atoms with Crippen LogP contribution < -0.4 is 0 Å². The molecule has 0 unspecified atom stereocenters.